The summed E-state index contributed by atoms with van der Waals surface area (Å²) in [6.45, 7) is -2.39. The second kappa shape index (κ2) is 7.56. The van der Waals surface area contributed by atoms with Crippen molar-refractivity contribution in [1.82, 2.24) is 5.32 Å². The maximum atomic E-state index is 12.7. The fourth-order valence-corrected chi connectivity index (χ4v) is 5.10. The standard InChI is InChI=1S/C25H21F2NO2/c26-25(27)30-17-7-5-6-15(12-17)24(29)28-14-16-13-22-18-8-1-3-10-20(18)23(16)21-11-4-2-9-19(21)22/h1-12,16,22-23,25H,13-14H2,(H,28,29). The number of ether oxygens (including phenoxy) is 1. The van der Waals surface area contributed by atoms with Crippen molar-refractivity contribution in [2.45, 2.75) is 24.9 Å². The minimum absolute atomic E-state index is 0.0165. The lowest BCUT2D eigenvalue weighted by Gasteiger charge is -2.45. The van der Waals surface area contributed by atoms with E-state index in [1.807, 2.05) is 0 Å². The summed E-state index contributed by atoms with van der Waals surface area (Å²) >= 11 is 0. The lowest BCUT2D eigenvalue weighted by molar-refractivity contribution is -0.0498. The third-order valence-corrected chi connectivity index (χ3v) is 6.27. The van der Waals surface area contributed by atoms with Crippen molar-refractivity contribution >= 4 is 5.91 Å². The second-order valence-electron chi connectivity index (χ2n) is 7.90. The minimum atomic E-state index is -2.92. The molecule has 3 aromatic carbocycles. The molecule has 0 fully saturated rings. The highest BCUT2D eigenvalue weighted by Gasteiger charge is 2.42. The number of alkyl halides is 2. The maximum Gasteiger partial charge on any atom is 0.387 e. The zero-order valence-corrected chi connectivity index (χ0v) is 16.2. The Morgan fingerprint density at radius 3 is 2.20 bits per heavy atom. The molecule has 3 aliphatic rings. The third-order valence-electron chi connectivity index (χ3n) is 6.27. The van der Waals surface area contributed by atoms with E-state index in [9.17, 15) is 13.6 Å². The molecule has 5 heteroatoms. The van der Waals surface area contributed by atoms with E-state index in [1.165, 1.54) is 34.4 Å². The molecule has 0 saturated heterocycles. The number of hydrogen-bond donors (Lipinski definition) is 1. The number of nitrogens with one attached hydrogen (secondary N) is 1. The molecule has 3 aromatic rings. The molecule has 1 unspecified atom stereocenters. The fraction of sp³-hybridized carbons (Fsp3) is 0.240. The van der Waals surface area contributed by atoms with Crippen molar-refractivity contribution < 1.29 is 18.3 Å². The van der Waals surface area contributed by atoms with E-state index in [0.29, 0.717) is 18.0 Å². The maximum absolute atomic E-state index is 12.7. The lowest BCUT2D eigenvalue weighted by atomic mass is 9.59. The smallest absolute Gasteiger partial charge is 0.387 e. The Hall–Kier alpha value is -3.21. The van der Waals surface area contributed by atoms with Gasteiger partial charge in [0.2, 0.25) is 0 Å². The molecule has 152 valence electrons. The van der Waals surface area contributed by atoms with Gasteiger partial charge in [0.1, 0.15) is 5.75 Å². The van der Waals surface area contributed by atoms with Crippen molar-refractivity contribution in [2.75, 3.05) is 6.54 Å². The molecule has 0 aromatic heterocycles. The average molecular weight is 405 g/mol. The molecule has 1 atom stereocenters. The summed E-state index contributed by atoms with van der Waals surface area (Å²) in [6.07, 6.45) is 0.980. The van der Waals surface area contributed by atoms with Gasteiger partial charge in [-0.3, -0.25) is 4.79 Å². The Labute approximate surface area is 173 Å². The van der Waals surface area contributed by atoms with Crippen LogP contribution in [0.3, 0.4) is 0 Å². The summed E-state index contributed by atoms with van der Waals surface area (Å²) in [5, 5.41) is 3.01. The molecule has 0 aliphatic heterocycles. The minimum Gasteiger partial charge on any atom is -0.435 e. The lowest BCUT2D eigenvalue weighted by Crippen LogP contribution is -2.39. The summed E-state index contributed by atoms with van der Waals surface area (Å²) in [7, 11) is 0. The molecule has 0 spiro atoms. The Morgan fingerprint density at radius 1 is 0.933 bits per heavy atom. The number of rotatable bonds is 5. The van der Waals surface area contributed by atoms with E-state index in [4.69, 9.17) is 0 Å². The van der Waals surface area contributed by atoms with Crippen LogP contribution in [0.25, 0.3) is 0 Å². The Balaban J connectivity index is 1.36. The van der Waals surface area contributed by atoms with E-state index in [2.05, 4.69) is 58.6 Å². The van der Waals surface area contributed by atoms with Gasteiger partial charge < -0.3 is 10.1 Å². The molecular weight excluding hydrogens is 384 g/mol. The normalized spacial score (nSPS) is 21.1. The molecule has 1 N–H and O–H groups in total. The number of carbonyl (C=O) groups excluding carboxylic acids is 1. The SMILES string of the molecule is O=C(NCC1CC2c3ccccc3C1c1ccccc12)c1cccc(OC(F)F)c1. The third kappa shape index (κ3) is 3.24. The zero-order valence-electron chi connectivity index (χ0n) is 16.2. The molecular formula is C25H21F2NO2. The van der Waals surface area contributed by atoms with E-state index in [1.54, 1.807) is 12.1 Å². The highest BCUT2D eigenvalue weighted by Crippen LogP contribution is 2.55. The molecule has 30 heavy (non-hydrogen) atoms. The predicted octanol–water partition coefficient (Wildman–Crippen LogP) is 5.32. The van der Waals surface area contributed by atoms with Gasteiger partial charge in [0.25, 0.3) is 5.91 Å². The van der Waals surface area contributed by atoms with Crippen LogP contribution in [0, 0.1) is 5.92 Å². The summed E-state index contributed by atoms with van der Waals surface area (Å²) in [5.74, 6) is 0.572. The van der Waals surface area contributed by atoms with Gasteiger partial charge in [-0.15, -0.1) is 0 Å². The van der Waals surface area contributed by atoms with Crippen LogP contribution in [0.5, 0.6) is 5.75 Å². The molecule has 6 rings (SSSR count). The van der Waals surface area contributed by atoms with E-state index in [0.717, 1.165) is 6.42 Å². The first-order valence-corrected chi connectivity index (χ1v) is 10.1. The molecule has 0 radical (unpaired) electrons. The van der Waals surface area contributed by atoms with Crippen LogP contribution in [-0.2, 0) is 0 Å². The number of carbonyl (C=O) groups is 1. The van der Waals surface area contributed by atoms with Gasteiger partial charge in [-0.05, 0) is 52.8 Å². The second-order valence-corrected chi connectivity index (χ2v) is 7.90. The first kappa shape index (κ1) is 18.8. The molecule has 2 bridgehead atoms. The van der Waals surface area contributed by atoms with E-state index >= 15 is 0 Å². The summed E-state index contributed by atoms with van der Waals surface area (Å²) in [5.41, 5.74) is 5.79. The van der Waals surface area contributed by atoms with Crippen LogP contribution in [0.4, 0.5) is 8.78 Å². The van der Waals surface area contributed by atoms with Crippen molar-refractivity contribution in [3.63, 3.8) is 0 Å². The first-order chi connectivity index (χ1) is 14.6. The van der Waals surface area contributed by atoms with Crippen LogP contribution in [0.2, 0.25) is 0 Å². The average Bonchev–Trinajstić information content (AvgIpc) is 2.77. The van der Waals surface area contributed by atoms with Crippen molar-refractivity contribution in [3.05, 3.63) is 101 Å². The highest BCUT2D eigenvalue weighted by atomic mass is 19.3. The van der Waals surface area contributed by atoms with Gasteiger partial charge in [0.05, 0.1) is 0 Å². The fourth-order valence-electron chi connectivity index (χ4n) is 5.10. The van der Waals surface area contributed by atoms with E-state index < -0.39 is 6.61 Å². The highest BCUT2D eigenvalue weighted by molar-refractivity contribution is 5.94. The summed E-state index contributed by atoms with van der Waals surface area (Å²) in [6, 6.07) is 23.1. The number of amides is 1. The van der Waals surface area contributed by atoms with Crippen LogP contribution < -0.4 is 10.1 Å². The molecule has 3 nitrogen and oxygen atoms in total. The predicted molar refractivity (Wildman–Crippen MR) is 110 cm³/mol. The Kier molecular flexibility index (Phi) is 4.74. The number of fused-ring (bicyclic) bond motifs is 1. The van der Waals surface area contributed by atoms with Crippen LogP contribution >= 0.6 is 0 Å². The van der Waals surface area contributed by atoms with Crippen LogP contribution in [0.1, 0.15) is 50.9 Å². The van der Waals surface area contributed by atoms with Crippen molar-refractivity contribution in [3.8, 4) is 5.75 Å². The van der Waals surface area contributed by atoms with Gasteiger partial charge in [0.15, 0.2) is 0 Å². The molecule has 3 aliphatic carbocycles. The number of hydrogen-bond acceptors (Lipinski definition) is 2. The number of benzene rings is 3. The van der Waals surface area contributed by atoms with Gasteiger partial charge in [-0.1, -0.05) is 54.6 Å². The molecule has 0 heterocycles. The van der Waals surface area contributed by atoms with E-state index in [-0.39, 0.29) is 23.5 Å². The van der Waals surface area contributed by atoms with Crippen LogP contribution in [0.15, 0.2) is 72.8 Å². The quantitative estimate of drug-likeness (QED) is 0.624. The molecule has 0 saturated carbocycles. The molecule has 1 amide bonds. The summed E-state index contributed by atoms with van der Waals surface area (Å²) < 4.78 is 29.3. The van der Waals surface area contributed by atoms with Gasteiger partial charge in [-0.25, -0.2) is 0 Å². The van der Waals surface area contributed by atoms with Gasteiger partial charge in [0, 0.05) is 23.9 Å². The first-order valence-electron chi connectivity index (χ1n) is 10.1. The zero-order chi connectivity index (χ0) is 20.7. The topological polar surface area (TPSA) is 38.3 Å². The van der Waals surface area contributed by atoms with Crippen molar-refractivity contribution in [2.24, 2.45) is 5.92 Å². The largest absolute Gasteiger partial charge is 0.435 e. The monoisotopic (exact) mass is 405 g/mol. The van der Waals surface area contributed by atoms with Gasteiger partial charge in [-0.2, -0.15) is 8.78 Å². The Morgan fingerprint density at radius 2 is 1.57 bits per heavy atom. The summed E-state index contributed by atoms with van der Waals surface area (Å²) in [4.78, 5) is 12.7. The Bertz CT molecular complexity index is 1050. The van der Waals surface area contributed by atoms with Gasteiger partial charge >= 0.3 is 6.61 Å². The number of halogens is 2. The van der Waals surface area contributed by atoms with Crippen LogP contribution in [-0.4, -0.2) is 19.1 Å². The van der Waals surface area contributed by atoms with Crippen molar-refractivity contribution in [1.29, 1.82) is 0 Å².